The van der Waals surface area contributed by atoms with E-state index in [1.807, 2.05) is 30.5 Å². The second kappa shape index (κ2) is 8.19. The normalized spacial score (nSPS) is 23.1. The average molecular weight is 439 g/mol. The molecule has 0 unspecified atom stereocenters. The average Bonchev–Trinajstić information content (AvgIpc) is 3.17. The highest BCUT2D eigenvalue weighted by atomic mass is 35.5. The molecule has 0 aromatic carbocycles. The number of halogens is 1. The second-order valence-electron chi connectivity index (χ2n) is 8.19. The molecule has 4 N–H and O–H groups in total. The first-order valence-corrected chi connectivity index (χ1v) is 10.9. The minimum Gasteiger partial charge on any atom is -0.367 e. The SMILES string of the molecule is O=C1C[C@@H](C(=O)NC2CCC(Nc3cc(-c4c[nH]c5ncccc45)cc(Cl)n3)CC2)N1. The number of pyridine rings is 2. The van der Waals surface area contributed by atoms with Crippen molar-refractivity contribution in [2.45, 2.75) is 50.2 Å². The van der Waals surface area contributed by atoms with Gasteiger partial charge in [0.2, 0.25) is 11.8 Å². The number of rotatable bonds is 5. The lowest BCUT2D eigenvalue weighted by atomic mass is 9.90. The van der Waals surface area contributed by atoms with Gasteiger partial charge in [-0.25, -0.2) is 9.97 Å². The fourth-order valence-corrected chi connectivity index (χ4v) is 4.54. The predicted molar refractivity (Wildman–Crippen MR) is 119 cm³/mol. The Labute approximate surface area is 184 Å². The molecule has 5 rings (SSSR count). The van der Waals surface area contributed by atoms with E-state index in [9.17, 15) is 9.59 Å². The number of aromatic nitrogens is 3. The molecule has 3 aromatic rings. The third kappa shape index (κ3) is 4.20. The van der Waals surface area contributed by atoms with Gasteiger partial charge in [0.1, 0.15) is 22.7 Å². The quantitative estimate of drug-likeness (QED) is 0.361. The van der Waals surface area contributed by atoms with Crippen molar-refractivity contribution in [1.29, 1.82) is 0 Å². The first-order valence-electron chi connectivity index (χ1n) is 10.5. The van der Waals surface area contributed by atoms with E-state index >= 15 is 0 Å². The number of anilines is 1. The fraction of sp³-hybridized carbons (Fsp3) is 0.364. The molecule has 2 amide bonds. The van der Waals surface area contributed by atoms with E-state index in [4.69, 9.17) is 11.6 Å². The van der Waals surface area contributed by atoms with E-state index in [0.29, 0.717) is 5.15 Å². The number of carbonyl (C=O) groups is 2. The number of aromatic amines is 1. The summed E-state index contributed by atoms with van der Waals surface area (Å²) in [5.74, 6) is 0.598. The number of H-pyrrole nitrogens is 1. The van der Waals surface area contributed by atoms with E-state index in [0.717, 1.165) is 53.7 Å². The molecule has 1 aliphatic carbocycles. The van der Waals surface area contributed by atoms with Crippen molar-refractivity contribution in [3.8, 4) is 11.1 Å². The largest absolute Gasteiger partial charge is 0.367 e. The third-order valence-electron chi connectivity index (χ3n) is 6.02. The molecule has 0 bridgehead atoms. The molecule has 2 fully saturated rings. The van der Waals surface area contributed by atoms with Crippen LogP contribution in [0.15, 0.2) is 36.7 Å². The van der Waals surface area contributed by atoms with Gasteiger partial charge in [-0.15, -0.1) is 0 Å². The Morgan fingerprint density at radius 2 is 1.94 bits per heavy atom. The standard InChI is InChI=1S/C22H23ClN6O2/c23-18-8-12(16-11-25-21-15(16)2-1-7-24-21)9-19(29-18)26-13-3-5-14(6-4-13)27-22(31)17-10-20(30)28-17/h1-2,7-9,11,13-14,17H,3-6,10H2,(H,24,25)(H,26,29)(H,27,31)(H,28,30)/t13?,14?,17-/m0/s1. The Balaban J connectivity index is 1.22. The van der Waals surface area contributed by atoms with Gasteiger partial charge in [0.05, 0.1) is 6.42 Å². The van der Waals surface area contributed by atoms with Gasteiger partial charge in [0.15, 0.2) is 0 Å². The highest BCUT2D eigenvalue weighted by molar-refractivity contribution is 6.29. The number of β-lactam (4-membered cyclic amide) rings is 1. The summed E-state index contributed by atoms with van der Waals surface area (Å²) in [5.41, 5.74) is 2.84. The van der Waals surface area contributed by atoms with Crippen molar-refractivity contribution in [3.63, 3.8) is 0 Å². The highest BCUT2D eigenvalue weighted by Crippen LogP contribution is 2.31. The molecule has 0 radical (unpaired) electrons. The van der Waals surface area contributed by atoms with E-state index in [1.165, 1.54) is 0 Å². The highest BCUT2D eigenvalue weighted by Gasteiger charge is 2.33. The van der Waals surface area contributed by atoms with E-state index < -0.39 is 0 Å². The Bertz CT molecular complexity index is 1130. The molecule has 1 saturated carbocycles. The lowest BCUT2D eigenvalue weighted by molar-refractivity contribution is -0.137. The van der Waals surface area contributed by atoms with Gasteiger partial charge >= 0.3 is 0 Å². The number of fused-ring (bicyclic) bond motifs is 1. The van der Waals surface area contributed by atoms with E-state index in [-0.39, 0.29) is 36.4 Å². The topological polar surface area (TPSA) is 112 Å². The zero-order chi connectivity index (χ0) is 21.4. The van der Waals surface area contributed by atoms with Gasteiger partial charge in [-0.2, -0.15) is 0 Å². The summed E-state index contributed by atoms with van der Waals surface area (Å²) in [6.45, 7) is 0. The van der Waals surface area contributed by atoms with Crippen LogP contribution in [0.3, 0.4) is 0 Å². The number of hydrogen-bond acceptors (Lipinski definition) is 5. The van der Waals surface area contributed by atoms with Gasteiger partial charge in [-0.1, -0.05) is 11.6 Å². The summed E-state index contributed by atoms with van der Waals surface area (Å²) in [5, 5.41) is 10.6. The molecule has 31 heavy (non-hydrogen) atoms. The van der Waals surface area contributed by atoms with Crippen LogP contribution in [-0.2, 0) is 9.59 Å². The fourth-order valence-electron chi connectivity index (χ4n) is 4.33. The van der Waals surface area contributed by atoms with Gasteiger partial charge in [0.25, 0.3) is 0 Å². The zero-order valence-corrected chi connectivity index (χ0v) is 17.6. The predicted octanol–water partition coefficient (Wildman–Crippen LogP) is 3.01. The Morgan fingerprint density at radius 1 is 1.16 bits per heavy atom. The first-order chi connectivity index (χ1) is 15.0. The summed E-state index contributed by atoms with van der Waals surface area (Å²) in [6.07, 6.45) is 7.59. The van der Waals surface area contributed by atoms with E-state index in [2.05, 4.69) is 30.9 Å². The van der Waals surface area contributed by atoms with Crippen molar-refractivity contribution >= 4 is 40.3 Å². The smallest absolute Gasteiger partial charge is 0.243 e. The number of hydrogen-bond donors (Lipinski definition) is 4. The van der Waals surface area contributed by atoms with Crippen LogP contribution in [0.1, 0.15) is 32.1 Å². The summed E-state index contributed by atoms with van der Waals surface area (Å²) < 4.78 is 0. The molecule has 4 heterocycles. The van der Waals surface area contributed by atoms with Crippen LogP contribution in [0.25, 0.3) is 22.2 Å². The Morgan fingerprint density at radius 3 is 2.71 bits per heavy atom. The van der Waals surface area contributed by atoms with Crippen LogP contribution in [0.4, 0.5) is 5.82 Å². The zero-order valence-electron chi connectivity index (χ0n) is 16.8. The van der Waals surface area contributed by atoms with Gasteiger partial charge < -0.3 is 20.9 Å². The summed E-state index contributed by atoms with van der Waals surface area (Å²) >= 11 is 6.32. The summed E-state index contributed by atoms with van der Waals surface area (Å²) in [7, 11) is 0. The molecule has 0 spiro atoms. The lowest BCUT2D eigenvalue weighted by Crippen LogP contribution is -2.58. The lowest BCUT2D eigenvalue weighted by Gasteiger charge is -2.32. The molecule has 9 heteroatoms. The summed E-state index contributed by atoms with van der Waals surface area (Å²) in [6, 6.07) is 7.85. The maximum absolute atomic E-state index is 12.1. The number of nitrogens with zero attached hydrogens (tertiary/aromatic N) is 2. The third-order valence-corrected chi connectivity index (χ3v) is 6.22. The molecule has 1 saturated heterocycles. The Kier molecular flexibility index (Phi) is 5.23. The Hall–Kier alpha value is -3.13. The maximum atomic E-state index is 12.1. The van der Waals surface area contributed by atoms with Crippen LogP contribution in [0, 0.1) is 0 Å². The molecule has 1 atom stereocenters. The monoisotopic (exact) mass is 438 g/mol. The number of amides is 2. The molecule has 8 nitrogen and oxygen atoms in total. The van der Waals surface area contributed by atoms with Crippen molar-refractivity contribution in [2.75, 3.05) is 5.32 Å². The first kappa shape index (κ1) is 19.8. The molecular weight excluding hydrogens is 416 g/mol. The molecule has 1 aliphatic heterocycles. The maximum Gasteiger partial charge on any atom is 0.243 e. The molecule has 2 aliphatic rings. The van der Waals surface area contributed by atoms with Crippen molar-refractivity contribution in [2.24, 2.45) is 0 Å². The van der Waals surface area contributed by atoms with Gasteiger partial charge in [-0.3, -0.25) is 9.59 Å². The van der Waals surface area contributed by atoms with Crippen molar-refractivity contribution in [1.82, 2.24) is 25.6 Å². The van der Waals surface area contributed by atoms with E-state index in [1.54, 1.807) is 6.20 Å². The minimum atomic E-state index is -0.364. The van der Waals surface area contributed by atoms with Crippen LogP contribution in [0.5, 0.6) is 0 Å². The summed E-state index contributed by atoms with van der Waals surface area (Å²) in [4.78, 5) is 35.1. The minimum absolute atomic E-state index is 0.0645. The molecule has 3 aromatic heterocycles. The van der Waals surface area contributed by atoms with Gasteiger partial charge in [-0.05, 0) is 55.5 Å². The van der Waals surface area contributed by atoms with Gasteiger partial charge in [0, 0.05) is 35.4 Å². The van der Waals surface area contributed by atoms with Crippen LogP contribution in [0.2, 0.25) is 5.15 Å². The van der Waals surface area contributed by atoms with Crippen molar-refractivity contribution < 1.29 is 9.59 Å². The van der Waals surface area contributed by atoms with Crippen LogP contribution < -0.4 is 16.0 Å². The number of carbonyl (C=O) groups excluding carboxylic acids is 2. The number of nitrogens with one attached hydrogen (secondary N) is 4. The molecule has 160 valence electrons. The van der Waals surface area contributed by atoms with Crippen molar-refractivity contribution in [3.05, 3.63) is 41.8 Å². The molecular formula is C22H23ClN6O2. The van der Waals surface area contributed by atoms with Crippen LogP contribution in [-0.4, -0.2) is 44.9 Å². The van der Waals surface area contributed by atoms with Crippen LogP contribution >= 0.6 is 11.6 Å². The second-order valence-corrected chi connectivity index (χ2v) is 8.58.